The number of carbonyl (C=O) groups is 3. The average molecular weight is 521 g/mol. The Bertz CT molecular complexity index is 924. The van der Waals surface area contributed by atoms with Crippen molar-refractivity contribution in [2.45, 2.75) is 91.5 Å². The minimum atomic E-state index is -0.810. The summed E-state index contributed by atoms with van der Waals surface area (Å²) < 4.78 is 18.5. The van der Waals surface area contributed by atoms with E-state index in [2.05, 4.69) is 10.6 Å². The zero-order chi connectivity index (χ0) is 28.0. The van der Waals surface area contributed by atoms with Crippen molar-refractivity contribution < 1.29 is 23.5 Å². The first-order chi connectivity index (χ1) is 17.1. The van der Waals surface area contributed by atoms with Gasteiger partial charge in [-0.3, -0.25) is 14.5 Å². The molecule has 0 aliphatic carbocycles. The second kappa shape index (κ2) is 12.7. The molecule has 1 saturated heterocycles. The van der Waals surface area contributed by atoms with E-state index in [-0.39, 0.29) is 17.8 Å². The van der Waals surface area contributed by atoms with Crippen molar-refractivity contribution >= 4 is 17.9 Å². The number of likely N-dealkylation sites (N-methyl/N-ethyl adjacent to an activating group) is 1. The molecular weight excluding hydrogens is 475 g/mol. The minimum absolute atomic E-state index is 0.0318. The molecule has 0 aromatic heterocycles. The van der Waals surface area contributed by atoms with E-state index in [0.29, 0.717) is 13.1 Å². The molecule has 2 N–H and O–H groups in total. The highest BCUT2D eigenvalue weighted by Gasteiger charge is 2.40. The van der Waals surface area contributed by atoms with E-state index in [9.17, 15) is 18.8 Å². The van der Waals surface area contributed by atoms with E-state index in [1.807, 2.05) is 25.7 Å². The molecule has 3 atom stereocenters. The number of halogens is 1. The molecule has 1 aliphatic heterocycles. The van der Waals surface area contributed by atoms with Gasteiger partial charge >= 0.3 is 6.09 Å². The highest BCUT2D eigenvalue weighted by atomic mass is 19.1. The Balaban J connectivity index is 1.99. The number of nitrogens with zero attached hydrogens (tertiary/aromatic N) is 2. The molecular formula is C28H45FN4O4. The molecule has 208 valence electrons. The van der Waals surface area contributed by atoms with Gasteiger partial charge in [0.25, 0.3) is 0 Å². The van der Waals surface area contributed by atoms with E-state index in [1.54, 1.807) is 39.8 Å². The highest BCUT2D eigenvalue weighted by molar-refractivity contribution is 5.91. The Labute approximate surface area is 221 Å². The van der Waals surface area contributed by atoms with Crippen LogP contribution in [0.1, 0.15) is 66.9 Å². The summed E-state index contributed by atoms with van der Waals surface area (Å²) in [5, 5.41) is 6.34. The molecule has 0 spiro atoms. The molecule has 9 heteroatoms. The predicted molar refractivity (Wildman–Crippen MR) is 143 cm³/mol. The van der Waals surface area contributed by atoms with Crippen LogP contribution in [0.3, 0.4) is 0 Å². The van der Waals surface area contributed by atoms with Crippen LogP contribution < -0.4 is 10.6 Å². The van der Waals surface area contributed by atoms with Crippen molar-refractivity contribution in [3.8, 4) is 0 Å². The lowest BCUT2D eigenvalue weighted by atomic mass is 9.85. The smallest absolute Gasteiger partial charge is 0.410 e. The Hall–Kier alpha value is -2.68. The van der Waals surface area contributed by atoms with Gasteiger partial charge in [-0.05, 0) is 76.6 Å². The van der Waals surface area contributed by atoms with Crippen molar-refractivity contribution in [2.24, 2.45) is 5.41 Å². The van der Waals surface area contributed by atoms with E-state index >= 15 is 0 Å². The summed E-state index contributed by atoms with van der Waals surface area (Å²) in [4.78, 5) is 42.3. The van der Waals surface area contributed by atoms with E-state index in [1.165, 1.54) is 24.1 Å². The molecule has 8 nitrogen and oxygen atoms in total. The number of amides is 3. The van der Waals surface area contributed by atoms with Gasteiger partial charge in [0, 0.05) is 26.2 Å². The monoisotopic (exact) mass is 520 g/mol. The van der Waals surface area contributed by atoms with Gasteiger partial charge < -0.3 is 20.3 Å². The van der Waals surface area contributed by atoms with Gasteiger partial charge in [0.05, 0.1) is 0 Å². The van der Waals surface area contributed by atoms with Gasteiger partial charge in [0.15, 0.2) is 0 Å². The van der Waals surface area contributed by atoms with Gasteiger partial charge in [-0.2, -0.15) is 0 Å². The summed E-state index contributed by atoms with van der Waals surface area (Å²) >= 11 is 0. The first kappa shape index (κ1) is 30.5. The maximum absolute atomic E-state index is 13.7. The zero-order valence-corrected chi connectivity index (χ0v) is 23.7. The number of hydrogen-bond acceptors (Lipinski definition) is 5. The molecule has 1 aromatic rings. The predicted octanol–water partition coefficient (Wildman–Crippen LogP) is 3.74. The molecule has 0 unspecified atom stereocenters. The molecule has 1 aliphatic rings. The SMILES string of the molecule is C[C@@H](C(=O)N[C@H](C(=O)N1CCC[C@H]1CNCCc1ccc(F)cc1)C(C)(C)C)N(C)C(=O)OC(C)(C)C. The quantitative estimate of drug-likeness (QED) is 0.484. The molecule has 0 bridgehead atoms. The summed E-state index contributed by atoms with van der Waals surface area (Å²) in [6, 6.07) is 4.95. The van der Waals surface area contributed by atoms with Crippen LogP contribution in [0.15, 0.2) is 24.3 Å². The third-order valence-electron chi connectivity index (χ3n) is 6.59. The lowest BCUT2D eigenvalue weighted by molar-refractivity contribution is -0.141. The zero-order valence-electron chi connectivity index (χ0n) is 23.7. The number of nitrogens with one attached hydrogen (secondary N) is 2. The highest BCUT2D eigenvalue weighted by Crippen LogP contribution is 2.26. The van der Waals surface area contributed by atoms with Crippen molar-refractivity contribution in [1.82, 2.24) is 20.4 Å². The number of likely N-dealkylation sites (tertiary alicyclic amines) is 1. The van der Waals surface area contributed by atoms with E-state index < -0.39 is 35.1 Å². The Kier molecular flexibility index (Phi) is 10.5. The Morgan fingerprint density at radius 1 is 1.14 bits per heavy atom. The van der Waals surface area contributed by atoms with Crippen LogP contribution in [0.2, 0.25) is 0 Å². The van der Waals surface area contributed by atoms with Gasteiger partial charge in [-0.15, -0.1) is 0 Å². The van der Waals surface area contributed by atoms with Crippen LogP contribution in [0.5, 0.6) is 0 Å². The third-order valence-corrected chi connectivity index (χ3v) is 6.59. The summed E-state index contributed by atoms with van der Waals surface area (Å²) in [6.07, 6.45) is 1.96. The topological polar surface area (TPSA) is 91.0 Å². The number of benzene rings is 1. The minimum Gasteiger partial charge on any atom is -0.444 e. The van der Waals surface area contributed by atoms with Crippen LogP contribution in [-0.2, 0) is 20.7 Å². The second-order valence-corrected chi connectivity index (χ2v) is 12.0. The molecule has 3 amide bonds. The average Bonchev–Trinajstić information content (AvgIpc) is 3.26. The third kappa shape index (κ3) is 9.29. The van der Waals surface area contributed by atoms with Crippen molar-refractivity contribution in [1.29, 1.82) is 0 Å². The van der Waals surface area contributed by atoms with Crippen LogP contribution in [0, 0.1) is 11.2 Å². The Morgan fingerprint density at radius 2 is 1.76 bits per heavy atom. The van der Waals surface area contributed by atoms with Crippen LogP contribution in [0.25, 0.3) is 0 Å². The number of carbonyl (C=O) groups excluding carboxylic acids is 3. The molecule has 0 radical (unpaired) electrons. The van der Waals surface area contributed by atoms with Gasteiger partial charge in [0.1, 0.15) is 23.5 Å². The van der Waals surface area contributed by atoms with Crippen molar-refractivity contribution in [2.75, 3.05) is 26.7 Å². The molecule has 0 saturated carbocycles. The fraction of sp³-hybridized carbons (Fsp3) is 0.679. The molecule has 1 aromatic carbocycles. The normalized spacial score (nSPS) is 17.8. The van der Waals surface area contributed by atoms with Crippen LogP contribution in [0.4, 0.5) is 9.18 Å². The standard InChI is InChI=1S/C28H45FN4O4/c1-19(32(8)26(36)37-28(5,6)7)24(34)31-23(27(2,3)4)25(35)33-17-9-10-22(33)18-30-16-15-20-11-13-21(29)14-12-20/h11-14,19,22-23,30H,9-10,15-18H2,1-8H3,(H,31,34)/t19-,22-,23+/m0/s1. The number of ether oxygens (including phenoxy) is 1. The molecule has 2 rings (SSSR count). The summed E-state index contributed by atoms with van der Waals surface area (Å²) in [5.74, 6) is -0.770. The lowest BCUT2D eigenvalue weighted by Gasteiger charge is -2.37. The lowest BCUT2D eigenvalue weighted by Crippen LogP contribution is -2.59. The summed E-state index contributed by atoms with van der Waals surface area (Å²) in [5.41, 5.74) is -0.155. The first-order valence-electron chi connectivity index (χ1n) is 13.1. The molecule has 1 heterocycles. The van der Waals surface area contributed by atoms with E-state index in [4.69, 9.17) is 4.74 Å². The summed E-state index contributed by atoms with van der Waals surface area (Å²) in [6.45, 7) is 14.7. The number of hydrogen-bond donors (Lipinski definition) is 2. The van der Waals surface area contributed by atoms with Gasteiger partial charge in [-0.1, -0.05) is 32.9 Å². The molecule has 1 fully saturated rings. The van der Waals surface area contributed by atoms with Crippen molar-refractivity contribution in [3.63, 3.8) is 0 Å². The van der Waals surface area contributed by atoms with Crippen LogP contribution in [-0.4, -0.2) is 78.1 Å². The van der Waals surface area contributed by atoms with Crippen molar-refractivity contribution in [3.05, 3.63) is 35.6 Å². The number of rotatable bonds is 9. The fourth-order valence-corrected chi connectivity index (χ4v) is 4.24. The first-order valence-corrected chi connectivity index (χ1v) is 13.1. The van der Waals surface area contributed by atoms with Crippen LogP contribution >= 0.6 is 0 Å². The maximum Gasteiger partial charge on any atom is 0.410 e. The summed E-state index contributed by atoms with van der Waals surface area (Å²) in [7, 11) is 1.51. The fourth-order valence-electron chi connectivity index (χ4n) is 4.24. The second-order valence-electron chi connectivity index (χ2n) is 12.0. The van der Waals surface area contributed by atoms with E-state index in [0.717, 1.165) is 31.4 Å². The molecule has 37 heavy (non-hydrogen) atoms. The van der Waals surface area contributed by atoms with Gasteiger partial charge in [0.2, 0.25) is 11.8 Å². The largest absolute Gasteiger partial charge is 0.444 e. The van der Waals surface area contributed by atoms with Gasteiger partial charge in [-0.25, -0.2) is 9.18 Å². The Morgan fingerprint density at radius 3 is 2.32 bits per heavy atom. The maximum atomic E-state index is 13.7.